The average molecular weight is 1540 g/mol. The van der Waals surface area contributed by atoms with E-state index in [4.69, 9.17) is 56.0 Å². The Bertz CT molecular complexity index is 3680. The lowest BCUT2D eigenvalue weighted by Crippen LogP contribution is -2.40. The van der Waals surface area contributed by atoms with E-state index < -0.39 is 95.6 Å². The maximum Gasteiger partial charge on any atom is 0.471 e. The Morgan fingerprint density at radius 2 is 1.09 bits per heavy atom. The summed E-state index contributed by atoms with van der Waals surface area (Å²) in [4.78, 5) is 85.2. The number of benzene rings is 1. The third-order valence-electron chi connectivity index (χ3n) is 15.6. The topological polar surface area (TPSA) is 388 Å². The smallest absolute Gasteiger partial charge is 0.377 e. The van der Waals surface area contributed by atoms with Gasteiger partial charge < -0.3 is 71.9 Å². The van der Waals surface area contributed by atoms with Gasteiger partial charge in [-0.25, -0.2) is 29.3 Å². The molecule has 2 aliphatic rings. The molecule has 0 aliphatic carbocycles. The maximum atomic E-state index is 13.0. The van der Waals surface area contributed by atoms with Crippen LogP contribution in [0.3, 0.4) is 0 Å². The normalized spacial score (nSPS) is 19.7. The minimum atomic E-state index is -4.97. The number of aromatic nitrogens is 8. The molecule has 4 amide bonds. The van der Waals surface area contributed by atoms with Crippen molar-refractivity contribution in [3.05, 3.63) is 65.2 Å². The fourth-order valence-electron chi connectivity index (χ4n) is 10.8. The number of alkyl halides is 5. The number of rotatable bonds is 43. The number of carbonyl (C=O) groups is 4. The Labute approximate surface area is 613 Å². The predicted octanol–water partition coefficient (Wildman–Crippen LogP) is 8.93. The fourth-order valence-corrected chi connectivity index (χ4v) is 14.3. The van der Waals surface area contributed by atoms with Crippen molar-refractivity contribution in [1.82, 2.24) is 59.0 Å². The van der Waals surface area contributed by atoms with E-state index in [1.54, 1.807) is 58.6 Å². The molecule has 106 heavy (non-hydrogen) atoms. The monoisotopic (exact) mass is 1540 g/mol. The zero-order chi connectivity index (χ0) is 77.8. The van der Waals surface area contributed by atoms with Crippen LogP contribution in [0.1, 0.15) is 139 Å². The lowest BCUT2D eigenvalue weighted by Gasteiger charge is -2.38. The van der Waals surface area contributed by atoms with Gasteiger partial charge in [-0.05, 0) is 80.4 Å². The molecule has 2 aliphatic heterocycles. The van der Waals surface area contributed by atoms with Gasteiger partial charge in [-0.3, -0.25) is 43.4 Å². The zero-order valence-electron chi connectivity index (χ0n) is 61.6. The molecule has 5 aromatic rings. The minimum absolute atomic E-state index is 0.00430. The number of imidazole rings is 2. The van der Waals surface area contributed by atoms with E-state index in [1.807, 2.05) is 69.2 Å². The van der Waals surface area contributed by atoms with Gasteiger partial charge in [0.1, 0.15) is 44.3 Å². The molecule has 588 valence electrons. The number of hydrogen-bond donors (Lipinski definition) is 5. The molecule has 2 saturated heterocycles. The van der Waals surface area contributed by atoms with Crippen LogP contribution in [-0.4, -0.2) is 224 Å². The van der Waals surface area contributed by atoms with Crippen molar-refractivity contribution in [2.45, 2.75) is 201 Å². The summed E-state index contributed by atoms with van der Waals surface area (Å²) in [6.45, 7) is 23.4. The zero-order valence-corrected chi connectivity index (χ0v) is 63.4. The largest absolute Gasteiger partial charge is 0.471 e. The van der Waals surface area contributed by atoms with Gasteiger partial charge in [0, 0.05) is 55.7 Å². The van der Waals surface area contributed by atoms with Gasteiger partial charge in [-0.2, -0.15) is 37.5 Å². The second-order valence-electron chi connectivity index (χ2n) is 25.4. The van der Waals surface area contributed by atoms with Crippen molar-refractivity contribution in [2.24, 2.45) is 5.92 Å². The quantitative estimate of drug-likeness (QED) is 0.0105. The summed E-state index contributed by atoms with van der Waals surface area (Å²) in [6.07, 6.45) is -5.34. The molecule has 4 unspecified atom stereocenters. The molecule has 7 rings (SSSR count). The van der Waals surface area contributed by atoms with E-state index in [1.165, 1.54) is 19.0 Å². The molecule has 0 saturated carbocycles. The van der Waals surface area contributed by atoms with Crippen LogP contribution in [0.4, 0.5) is 33.7 Å². The summed E-state index contributed by atoms with van der Waals surface area (Å²) in [5.41, 5.74) is 0.691. The summed E-state index contributed by atoms with van der Waals surface area (Å²) in [5, 5.41) is 27.6. The molecule has 5 N–H and O–H groups in total. The van der Waals surface area contributed by atoms with Crippen molar-refractivity contribution < 1.29 is 97.1 Å². The SMILES string of the molecule is CC[C@H]1O[C@@H](n2cnc3c(=O)[nH]c(NC(=O)C(C)C)nc32)C(OCOCCOCCNC(=O)C(C)(F)F)[C@H]1OP(OCCC#N)N(C(C)C)C(C)C.CC[C@H]1O[C@@H](n2cnc3c(NC(=O)c4ccccc4)ncnc32)C(OCOCCOCCNC(=O)C(F)(F)F)[C@H]1OP(OCCC#N)N(C(C)C)C(C)C. The van der Waals surface area contributed by atoms with Crippen LogP contribution in [0.5, 0.6) is 0 Å². The molecule has 10 atom stereocenters. The van der Waals surface area contributed by atoms with Crippen LogP contribution in [0.25, 0.3) is 22.3 Å². The number of hydrogen-bond acceptors (Lipinski definition) is 26. The Kier molecular flexibility index (Phi) is 35.8. The molecule has 2 fully saturated rings. The first-order chi connectivity index (χ1) is 50.5. The van der Waals surface area contributed by atoms with E-state index in [0.717, 1.165) is 0 Å². The van der Waals surface area contributed by atoms with Crippen molar-refractivity contribution in [3.63, 3.8) is 0 Å². The lowest BCUT2D eigenvalue weighted by atomic mass is 10.1. The van der Waals surface area contributed by atoms with Crippen LogP contribution in [0.2, 0.25) is 0 Å². The summed E-state index contributed by atoms with van der Waals surface area (Å²) in [6, 6.07) is 13.0. The number of ether oxygens (including phenoxy) is 8. The fraction of sp³-hybridized carbons (Fsp3) is 0.667. The van der Waals surface area contributed by atoms with E-state index in [-0.39, 0.29) is 157 Å². The molecular formula is C66H97F5N16O17P2. The first-order valence-corrected chi connectivity index (χ1v) is 36.9. The second-order valence-corrected chi connectivity index (χ2v) is 28.2. The predicted molar refractivity (Wildman–Crippen MR) is 376 cm³/mol. The van der Waals surface area contributed by atoms with Gasteiger partial charge in [0.05, 0.1) is 103 Å². The number of fused-ring (bicyclic) bond motifs is 2. The van der Waals surface area contributed by atoms with Crippen molar-refractivity contribution >= 4 is 74.8 Å². The number of aromatic amines is 1. The third kappa shape index (κ3) is 25.5. The second kappa shape index (κ2) is 43.2. The van der Waals surface area contributed by atoms with Crippen molar-refractivity contribution in [1.29, 1.82) is 10.5 Å². The number of halogens is 5. The van der Waals surface area contributed by atoms with E-state index >= 15 is 0 Å². The molecule has 4 aromatic heterocycles. The molecule has 40 heteroatoms. The number of nitrogens with one attached hydrogen (secondary N) is 5. The van der Waals surface area contributed by atoms with Gasteiger partial charge in [0.2, 0.25) is 11.9 Å². The highest BCUT2D eigenvalue weighted by Crippen LogP contribution is 2.53. The van der Waals surface area contributed by atoms with Gasteiger partial charge in [-0.15, -0.1) is 0 Å². The number of carbonyl (C=O) groups excluding carboxylic acids is 4. The standard InChI is InChI=1S/C34H46F3N8O8P.C32H51F2N8O9P/c1-6-25-27(53-54(51-15-10-13-38)45(22(2)3)23(4)5)28(50-21-49-18-17-48-16-14-39-33(47)34(35,36)37)32(52-25)44-20-42-26-29(40-19-41-30(26)44)43-31(46)24-11-8-7-9-12-24;1-9-22-24(51-52(49-13-10-11-35)42(20(4)5)21(6)7)25(48-18-47-16-15-46-14-12-36-30(45)32(8,33)34)29(50-22)41-17-37-23-26(41)38-31(40-28(23)44)39-27(43)19(2)3/h7-9,11-12,19-20,22-23,25,27-28,32H,6,10,14-18,21H2,1-5H3,(H,39,47)(H,40,41,43,46);17,19-22,24-25,29H,9-10,12-16,18H2,1-8H3,(H,36,45)(H2,38,39,40,43,44)/t25-,27+,28?,32-,54?;22-,24+,25?,29-,52?/m11/s1. The molecule has 1 aromatic carbocycles. The van der Waals surface area contributed by atoms with Crippen LogP contribution < -0.4 is 26.8 Å². The van der Waals surface area contributed by atoms with Crippen LogP contribution in [0, 0.1) is 28.6 Å². The Hall–Kier alpha value is -7.07. The van der Waals surface area contributed by atoms with Gasteiger partial charge in [-0.1, -0.05) is 45.9 Å². The molecule has 0 bridgehead atoms. The number of nitriles is 2. The van der Waals surface area contributed by atoms with Crippen molar-refractivity contribution in [2.75, 3.05) is 90.2 Å². The highest BCUT2D eigenvalue weighted by molar-refractivity contribution is 7.44. The number of amides is 4. The van der Waals surface area contributed by atoms with Gasteiger partial charge in [0.15, 0.2) is 40.6 Å². The Balaban J connectivity index is 0.000000332. The molecule has 6 heterocycles. The Morgan fingerprint density at radius 1 is 0.623 bits per heavy atom. The highest BCUT2D eigenvalue weighted by Gasteiger charge is 2.52. The summed E-state index contributed by atoms with van der Waals surface area (Å²) < 4.78 is 144. The highest BCUT2D eigenvalue weighted by atomic mass is 31.2. The molecule has 33 nitrogen and oxygen atoms in total. The van der Waals surface area contributed by atoms with Crippen molar-refractivity contribution in [3.8, 4) is 12.1 Å². The van der Waals surface area contributed by atoms with E-state index in [9.17, 15) is 56.4 Å². The summed E-state index contributed by atoms with van der Waals surface area (Å²) in [7, 11) is -3.44. The van der Waals surface area contributed by atoms with E-state index in [2.05, 4.69) is 67.3 Å². The first-order valence-electron chi connectivity index (χ1n) is 34.6. The summed E-state index contributed by atoms with van der Waals surface area (Å²) >= 11 is 0. The Morgan fingerprint density at radius 3 is 1.55 bits per heavy atom. The minimum Gasteiger partial charge on any atom is -0.377 e. The van der Waals surface area contributed by atoms with E-state index in [0.29, 0.717) is 36.5 Å². The van der Waals surface area contributed by atoms with Crippen LogP contribution >= 0.6 is 17.1 Å². The molecule has 0 radical (unpaired) electrons. The average Bonchev–Trinajstić information content (AvgIpc) is 1.62. The number of H-pyrrole nitrogens is 1. The third-order valence-corrected chi connectivity index (χ3v) is 19.9. The van der Waals surface area contributed by atoms with Crippen LogP contribution in [0.15, 0.2) is 54.1 Å². The number of anilines is 2. The number of nitrogens with zero attached hydrogens (tertiary/aromatic N) is 11. The first kappa shape index (κ1) is 87.8. The van der Waals surface area contributed by atoms with Crippen LogP contribution in [-0.2, 0) is 70.4 Å². The maximum absolute atomic E-state index is 13.0. The molecular weight excluding hydrogens is 1450 g/mol. The van der Waals surface area contributed by atoms with Gasteiger partial charge in [0.25, 0.3) is 34.4 Å². The molecule has 0 spiro atoms. The van der Waals surface area contributed by atoms with Gasteiger partial charge >= 0.3 is 18.0 Å². The summed E-state index contributed by atoms with van der Waals surface area (Å²) in [5.74, 6) is -7.85. The lowest BCUT2D eigenvalue weighted by molar-refractivity contribution is -0.173.